The van der Waals surface area contributed by atoms with Crippen molar-refractivity contribution in [2.24, 2.45) is 5.41 Å². The first-order valence-corrected chi connectivity index (χ1v) is 7.12. The van der Waals surface area contributed by atoms with Crippen LogP contribution < -0.4 is 15.4 Å². The van der Waals surface area contributed by atoms with Crippen molar-refractivity contribution < 1.29 is 9.53 Å². The molecule has 2 N–H and O–H groups in total. The lowest BCUT2D eigenvalue weighted by Crippen LogP contribution is -2.41. The minimum atomic E-state index is -0.300. The van der Waals surface area contributed by atoms with Crippen LogP contribution in [0.2, 0.25) is 0 Å². The Morgan fingerprint density at radius 2 is 2.25 bits per heavy atom. The van der Waals surface area contributed by atoms with Gasteiger partial charge in [0, 0.05) is 12.1 Å². The minimum Gasteiger partial charge on any atom is -0.496 e. The molecule has 0 spiro atoms. The highest BCUT2D eigenvalue weighted by atomic mass is 16.5. The lowest BCUT2D eigenvalue weighted by atomic mass is 9.88. The van der Waals surface area contributed by atoms with Crippen LogP contribution in [0.1, 0.15) is 37.4 Å². The third-order valence-corrected chi connectivity index (χ3v) is 4.12. The Morgan fingerprint density at radius 1 is 1.50 bits per heavy atom. The van der Waals surface area contributed by atoms with E-state index in [2.05, 4.69) is 16.7 Å². The van der Waals surface area contributed by atoms with E-state index in [1.54, 1.807) is 7.11 Å². The molecule has 1 aliphatic heterocycles. The topological polar surface area (TPSA) is 50.4 Å². The molecule has 0 bridgehead atoms. The molecule has 1 heterocycles. The molecular formula is C16H24N2O2. The van der Waals surface area contributed by atoms with Crippen molar-refractivity contribution in [2.75, 3.05) is 20.2 Å². The summed E-state index contributed by atoms with van der Waals surface area (Å²) in [6.45, 7) is 7.71. The predicted molar refractivity (Wildman–Crippen MR) is 79.9 cm³/mol. The second kappa shape index (κ2) is 5.83. The Balaban J connectivity index is 2.13. The molecule has 1 aromatic rings. The fraction of sp³-hybridized carbons (Fsp3) is 0.562. The SMILES string of the molecule is COc1ccc(C)cc1C(C)NC(=O)C1(C)CCNC1. The van der Waals surface area contributed by atoms with Crippen LogP contribution >= 0.6 is 0 Å². The average molecular weight is 276 g/mol. The normalized spacial score (nSPS) is 23.4. The van der Waals surface area contributed by atoms with Crippen molar-refractivity contribution in [1.29, 1.82) is 0 Å². The fourth-order valence-corrected chi connectivity index (χ4v) is 2.65. The van der Waals surface area contributed by atoms with Crippen LogP contribution in [0.15, 0.2) is 18.2 Å². The maximum absolute atomic E-state index is 12.4. The minimum absolute atomic E-state index is 0.0604. The molecule has 0 saturated carbocycles. The molecule has 0 radical (unpaired) electrons. The number of carbonyl (C=O) groups excluding carboxylic acids is 1. The van der Waals surface area contributed by atoms with Crippen molar-refractivity contribution >= 4 is 5.91 Å². The fourth-order valence-electron chi connectivity index (χ4n) is 2.65. The van der Waals surface area contributed by atoms with E-state index in [0.29, 0.717) is 0 Å². The Bertz CT molecular complexity index is 493. The second-order valence-electron chi connectivity index (χ2n) is 5.93. The van der Waals surface area contributed by atoms with Gasteiger partial charge in [-0.05, 0) is 39.8 Å². The van der Waals surface area contributed by atoms with Crippen LogP contribution in [0.4, 0.5) is 0 Å². The molecule has 0 aromatic heterocycles. The molecule has 4 nitrogen and oxygen atoms in total. The standard InChI is InChI=1S/C16H24N2O2/c1-11-5-6-14(20-4)13(9-11)12(2)18-15(19)16(3)7-8-17-10-16/h5-6,9,12,17H,7-8,10H2,1-4H3,(H,18,19). The first kappa shape index (κ1) is 14.9. The van der Waals surface area contributed by atoms with Crippen molar-refractivity contribution in [3.63, 3.8) is 0 Å². The molecule has 1 aliphatic rings. The summed E-state index contributed by atoms with van der Waals surface area (Å²) in [5.41, 5.74) is 1.89. The lowest BCUT2D eigenvalue weighted by Gasteiger charge is -2.25. The second-order valence-corrected chi connectivity index (χ2v) is 5.93. The number of rotatable bonds is 4. The van der Waals surface area contributed by atoms with E-state index in [1.807, 2.05) is 32.9 Å². The largest absolute Gasteiger partial charge is 0.496 e. The zero-order chi connectivity index (χ0) is 14.8. The Labute approximate surface area is 120 Å². The van der Waals surface area contributed by atoms with Gasteiger partial charge in [-0.1, -0.05) is 17.7 Å². The molecule has 1 fully saturated rings. The van der Waals surface area contributed by atoms with Gasteiger partial charge in [0.25, 0.3) is 0 Å². The monoisotopic (exact) mass is 276 g/mol. The van der Waals surface area contributed by atoms with Crippen LogP contribution in [0.25, 0.3) is 0 Å². The number of nitrogens with one attached hydrogen (secondary N) is 2. The van der Waals surface area contributed by atoms with Crippen LogP contribution in [0.5, 0.6) is 5.75 Å². The maximum atomic E-state index is 12.4. The summed E-state index contributed by atoms with van der Waals surface area (Å²) < 4.78 is 5.39. The number of carbonyl (C=O) groups is 1. The predicted octanol–water partition coefficient (Wildman–Crippen LogP) is 2.18. The van der Waals surface area contributed by atoms with Gasteiger partial charge in [0.05, 0.1) is 18.6 Å². The van der Waals surface area contributed by atoms with Gasteiger partial charge in [-0.15, -0.1) is 0 Å². The van der Waals surface area contributed by atoms with E-state index < -0.39 is 0 Å². The first-order valence-electron chi connectivity index (χ1n) is 7.12. The highest BCUT2D eigenvalue weighted by Gasteiger charge is 2.36. The van der Waals surface area contributed by atoms with Crippen molar-refractivity contribution in [3.05, 3.63) is 29.3 Å². The number of ether oxygens (including phenoxy) is 1. The van der Waals surface area contributed by atoms with E-state index in [0.717, 1.165) is 36.4 Å². The number of amides is 1. The maximum Gasteiger partial charge on any atom is 0.227 e. The molecule has 2 atom stereocenters. The summed E-state index contributed by atoms with van der Waals surface area (Å²) in [5, 5.41) is 6.37. The van der Waals surface area contributed by atoms with Crippen LogP contribution in [0, 0.1) is 12.3 Å². The van der Waals surface area contributed by atoms with Gasteiger partial charge < -0.3 is 15.4 Å². The summed E-state index contributed by atoms with van der Waals surface area (Å²) in [5.74, 6) is 0.927. The van der Waals surface area contributed by atoms with Crippen molar-refractivity contribution in [1.82, 2.24) is 10.6 Å². The number of methoxy groups -OCH3 is 1. The molecule has 2 rings (SSSR count). The highest BCUT2D eigenvalue weighted by molar-refractivity contribution is 5.83. The summed E-state index contributed by atoms with van der Waals surface area (Å²) in [6, 6.07) is 5.97. The summed E-state index contributed by atoms with van der Waals surface area (Å²) >= 11 is 0. The molecule has 110 valence electrons. The lowest BCUT2D eigenvalue weighted by molar-refractivity contribution is -0.129. The Morgan fingerprint density at radius 3 is 2.85 bits per heavy atom. The quantitative estimate of drug-likeness (QED) is 0.886. The summed E-state index contributed by atoms with van der Waals surface area (Å²) in [6.07, 6.45) is 0.885. The van der Waals surface area contributed by atoms with Gasteiger partial charge in [-0.3, -0.25) is 4.79 Å². The Kier molecular flexibility index (Phi) is 4.33. The van der Waals surface area contributed by atoms with Gasteiger partial charge in [-0.2, -0.15) is 0 Å². The van der Waals surface area contributed by atoms with Gasteiger partial charge in [-0.25, -0.2) is 0 Å². The molecule has 20 heavy (non-hydrogen) atoms. The number of aryl methyl sites for hydroxylation is 1. The molecule has 2 unspecified atom stereocenters. The zero-order valence-corrected chi connectivity index (χ0v) is 12.7. The van der Waals surface area contributed by atoms with Gasteiger partial charge in [0.2, 0.25) is 5.91 Å². The highest BCUT2D eigenvalue weighted by Crippen LogP contribution is 2.29. The van der Waals surface area contributed by atoms with Gasteiger partial charge in [0.15, 0.2) is 0 Å². The number of hydrogen-bond acceptors (Lipinski definition) is 3. The van der Waals surface area contributed by atoms with E-state index in [4.69, 9.17) is 4.74 Å². The van der Waals surface area contributed by atoms with Crippen molar-refractivity contribution in [2.45, 2.75) is 33.2 Å². The Hall–Kier alpha value is -1.55. The summed E-state index contributed by atoms with van der Waals surface area (Å²) in [4.78, 5) is 12.4. The van der Waals surface area contributed by atoms with Crippen molar-refractivity contribution in [3.8, 4) is 5.75 Å². The molecule has 4 heteroatoms. The zero-order valence-electron chi connectivity index (χ0n) is 12.7. The molecular weight excluding hydrogens is 252 g/mol. The van der Waals surface area contributed by atoms with Crippen LogP contribution in [-0.4, -0.2) is 26.1 Å². The number of hydrogen-bond donors (Lipinski definition) is 2. The van der Waals surface area contributed by atoms with E-state index >= 15 is 0 Å². The summed E-state index contributed by atoms with van der Waals surface area (Å²) in [7, 11) is 1.66. The average Bonchev–Trinajstić information content (AvgIpc) is 2.87. The van der Waals surface area contributed by atoms with E-state index in [-0.39, 0.29) is 17.4 Å². The van der Waals surface area contributed by atoms with Crippen LogP contribution in [0.3, 0.4) is 0 Å². The third kappa shape index (κ3) is 2.96. The smallest absolute Gasteiger partial charge is 0.227 e. The third-order valence-electron chi connectivity index (χ3n) is 4.12. The van der Waals surface area contributed by atoms with E-state index in [1.165, 1.54) is 0 Å². The van der Waals surface area contributed by atoms with Gasteiger partial charge in [0.1, 0.15) is 5.75 Å². The first-order chi connectivity index (χ1) is 9.46. The molecule has 1 aromatic carbocycles. The number of benzene rings is 1. The molecule has 1 saturated heterocycles. The van der Waals surface area contributed by atoms with Crippen LogP contribution in [-0.2, 0) is 4.79 Å². The molecule has 1 amide bonds. The van der Waals surface area contributed by atoms with Gasteiger partial charge >= 0.3 is 0 Å². The van der Waals surface area contributed by atoms with E-state index in [9.17, 15) is 4.79 Å². The molecule has 0 aliphatic carbocycles.